The van der Waals surface area contributed by atoms with Crippen LogP contribution in [0, 0.1) is 6.92 Å². The van der Waals surface area contributed by atoms with Crippen LogP contribution in [0.1, 0.15) is 24.3 Å². The van der Waals surface area contributed by atoms with Crippen LogP contribution in [0.2, 0.25) is 0 Å². The predicted octanol–water partition coefficient (Wildman–Crippen LogP) is 1.95. The third-order valence-electron chi connectivity index (χ3n) is 1.57. The number of furan rings is 1. The van der Waals surface area contributed by atoms with Crippen molar-refractivity contribution in [1.82, 2.24) is 0 Å². The third-order valence-corrected chi connectivity index (χ3v) is 1.57. The molecule has 0 aromatic carbocycles. The summed E-state index contributed by atoms with van der Waals surface area (Å²) in [4.78, 5) is 0. The van der Waals surface area contributed by atoms with Crippen molar-refractivity contribution in [3.8, 4) is 0 Å². The highest BCUT2D eigenvalue weighted by Crippen LogP contribution is 2.18. The molecule has 3 heteroatoms. The largest absolute Gasteiger partial charge is 0.467 e. The monoisotopic (exact) mass is 157 g/mol. The Kier molecular flexibility index (Phi) is 2.29. The normalized spacial score (nSPS) is 16.4. The molecule has 0 saturated heterocycles. The molecule has 0 radical (unpaired) electrons. The van der Waals surface area contributed by atoms with Crippen molar-refractivity contribution >= 4 is 0 Å². The van der Waals surface area contributed by atoms with E-state index in [-0.39, 0.29) is 0 Å². The van der Waals surface area contributed by atoms with E-state index in [1.54, 1.807) is 12.3 Å². The average molecular weight is 157 g/mol. The molecule has 62 valence electrons. The highest BCUT2D eigenvalue weighted by Gasteiger charge is 2.16. The minimum atomic E-state index is -1.07. The number of aryl methyl sites for hydroxylation is 1. The second-order valence-electron chi connectivity index (χ2n) is 2.73. The van der Waals surface area contributed by atoms with E-state index in [2.05, 4.69) is 0 Å². The van der Waals surface area contributed by atoms with Gasteiger partial charge in [0.05, 0.1) is 12.3 Å². The van der Waals surface area contributed by atoms with Gasteiger partial charge in [0, 0.05) is 0 Å². The van der Waals surface area contributed by atoms with Gasteiger partial charge in [0.1, 0.15) is 11.9 Å². The van der Waals surface area contributed by atoms with Crippen LogP contribution in [0.15, 0.2) is 16.7 Å². The topological polar surface area (TPSA) is 39.2 Å². The summed E-state index contributed by atoms with van der Waals surface area (Å²) in [5, 5.41) is 0. The summed E-state index contributed by atoms with van der Waals surface area (Å²) in [6.45, 7) is 3.30. The van der Waals surface area contributed by atoms with Gasteiger partial charge in [-0.2, -0.15) is 0 Å². The first-order valence-corrected chi connectivity index (χ1v) is 3.56. The van der Waals surface area contributed by atoms with Gasteiger partial charge < -0.3 is 10.2 Å². The van der Waals surface area contributed by atoms with Gasteiger partial charge in [0.15, 0.2) is 0 Å². The number of halogens is 1. The molecule has 1 unspecified atom stereocenters. The lowest BCUT2D eigenvalue weighted by Crippen LogP contribution is -2.18. The van der Waals surface area contributed by atoms with Crippen molar-refractivity contribution in [1.29, 1.82) is 0 Å². The van der Waals surface area contributed by atoms with E-state index in [4.69, 9.17) is 10.2 Å². The predicted molar refractivity (Wildman–Crippen MR) is 40.9 cm³/mol. The van der Waals surface area contributed by atoms with Crippen LogP contribution in [-0.4, -0.2) is 6.17 Å². The van der Waals surface area contributed by atoms with Crippen molar-refractivity contribution in [2.24, 2.45) is 5.73 Å². The van der Waals surface area contributed by atoms with Gasteiger partial charge in [-0.1, -0.05) is 0 Å². The maximum Gasteiger partial charge on any atom is 0.123 e. The molecule has 0 aliphatic rings. The van der Waals surface area contributed by atoms with Gasteiger partial charge in [-0.05, 0) is 25.5 Å². The standard InChI is InChI=1S/C8H12FNO/c1-5-3-7(11-4-5)8(10)6(2)9/h3-4,6,8H,10H2,1-2H3/t6?,8-/m1/s1. The Morgan fingerprint density at radius 2 is 2.27 bits per heavy atom. The summed E-state index contributed by atoms with van der Waals surface area (Å²) in [6.07, 6.45) is 0.498. The van der Waals surface area contributed by atoms with Crippen LogP contribution in [0.25, 0.3) is 0 Å². The molecule has 1 aromatic rings. The number of rotatable bonds is 2. The number of hydrogen-bond acceptors (Lipinski definition) is 2. The van der Waals surface area contributed by atoms with E-state index >= 15 is 0 Å². The van der Waals surface area contributed by atoms with E-state index in [0.717, 1.165) is 5.56 Å². The highest BCUT2D eigenvalue weighted by molar-refractivity contribution is 5.14. The molecule has 0 saturated carbocycles. The minimum absolute atomic E-state index is 0.512. The van der Waals surface area contributed by atoms with Crippen LogP contribution in [0.4, 0.5) is 4.39 Å². The zero-order chi connectivity index (χ0) is 8.43. The Labute approximate surface area is 65.2 Å². The fraction of sp³-hybridized carbons (Fsp3) is 0.500. The van der Waals surface area contributed by atoms with E-state index in [0.29, 0.717) is 5.76 Å². The summed E-state index contributed by atoms with van der Waals surface area (Å²) in [5.74, 6) is 0.512. The maximum atomic E-state index is 12.6. The molecule has 2 atom stereocenters. The second-order valence-corrected chi connectivity index (χ2v) is 2.73. The molecule has 2 nitrogen and oxygen atoms in total. The Balaban J connectivity index is 2.76. The lowest BCUT2D eigenvalue weighted by Gasteiger charge is -2.08. The number of alkyl halides is 1. The summed E-state index contributed by atoms with van der Waals surface area (Å²) >= 11 is 0. The van der Waals surface area contributed by atoms with Gasteiger partial charge in [0.25, 0.3) is 0 Å². The van der Waals surface area contributed by atoms with Gasteiger partial charge in [-0.25, -0.2) is 4.39 Å². The van der Waals surface area contributed by atoms with Crippen LogP contribution in [-0.2, 0) is 0 Å². The molecule has 0 aliphatic heterocycles. The minimum Gasteiger partial charge on any atom is -0.467 e. The van der Waals surface area contributed by atoms with Crippen LogP contribution < -0.4 is 5.73 Å². The Morgan fingerprint density at radius 1 is 1.64 bits per heavy atom. The average Bonchev–Trinajstić information content (AvgIpc) is 2.34. The zero-order valence-electron chi connectivity index (χ0n) is 6.67. The fourth-order valence-corrected chi connectivity index (χ4v) is 0.855. The molecule has 2 N–H and O–H groups in total. The molecule has 11 heavy (non-hydrogen) atoms. The van der Waals surface area contributed by atoms with Crippen molar-refractivity contribution in [2.75, 3.05) is 0 Å². The van der Waals surface area contributed by atoms with Gasteiger partial charge in [0.2, 0.25) is 0 Å². The van der Waals surface area contributed by atoms with Gasteiger partial charge in [-0.15, -0.1) is 0 Å². The number of hydrogen-bond donors (Lipinski definition) is 1. The molecule has 1 rings (SSSR count). The quantitative estimate of drug-likeness (QED) is 0.712. The Bertz CT molecular complexity index is 232. The molecule has 0 spiro atoms. The summed E-state index contributed by atoms with van der Waals surface area (Å²) in [5.41, 5.74) is 6.45. The first-order valence-electron chi connectivity index (χ1n) is 3.56. The summed E-state index contributed by atoms with van der Waals surface area (Å²) in [6, 6.07) is 1.12. The SMILES string of the molecule is Cc1coc([C@H](N)C(C)F)c1. The lowest BCUT2D eigenvalue weighted by atomic mass is 10.1. The van der Waals surface area contributed by atoms with Crippen molar-refractivity contribution in [3.63, 3.8) is 0 Å². The number of nitrogens with two attached hydrogens (primary N) is 1. The lowest BCUT2D eigenvalue weighted by molar-refractivity contribution is 0.281. The highest BCUT2D eigenvalue weighted by atomic mass is 19.1. The van der Waals surface area contributed by atoms with E-state index in [1.807, 2.05) is 6.92 Å². The third kappa shape index (κ3) is 1.80. The molecule has 0 fully saturated rings. The van der Waals surface area contributed by atoms with E-state index in [1.165, 1.54) is 6.92 Å². The summed E-state index contributed by atoms with van der Waals surface area (Å²) < 4.78 is 17.6. The molecule has 1 heterocycles. The maximum absolute atomic E-state index is 12.6. The summed E-state index contributed by atoms with van der Waals surface area (Å²) in [7, 11) is 0. The van der Waals surface area contributed by atoms with Crippen molar-refractivity contribution in [3.05, 3.63) is 23.7 Å². The van der Waals surface area contributed by atoms with Gasteiger partial charge >= 0.3 is 0 Å². The molecule has 0 bridgehead atoms. The molecular weight excluding hydrogens is 145 g/mol. The van der Waals surface area contributed by atoms with Crippen LogP contribution in [0.3, 0.4) is 0 Å². The first-order chi connectivity index (χ1) is 5.11. The Hall–Kier alpha value is -0.830. The Morgan fingerprint density at radius 3 is 2.64 bits per heavy atom. The van der Waals surface area contributed by atoms with Crippen molar-refractivity contribution in [2.45, 2.75) is 26.1 Å². The molecule has 1 aromatic heterocycles. The first kappa shape index (κ1) is 8.27. The smallest absolute Gasteiger partial charge is 0.123 e. The van der Waals surface area contributed by atoms with E-state index in [9.17, 15) is 4.39 Å². The zero-order valence-corrected chi connectivity index (χ0v) is 6.67. The van der Waals surface area contributed by atoms with E-state index < -0.39 is 12.2 Å². The second kappa shape index (κ2) is 3.05. The fourth-order valence-electron chi connectivity index (χ4n) is 0.855. The van der Waals surface area contributed by atoms with Crippen LogP contribution in [0.5, 0.6) is 0 Å². The van der Waals surface area contributed by atoms with Crippen LogP contribution >= 0.6 is 0 Å². The van der Waals surface area contributed by atoms with Gasteiger partial charge in [-0.3, -0.25) is 0 Å². The van der Waals surface area contributed by atoms with Crippen molar-refractivity contribution < 1.29 is 8.81 Å². The molecule has 0 amide bonds. The molecular formula is C8H12FNO. The molecule has 0 aliphatic carbocycles.